The van der Waals surface area contributed by atoms with Crippen LogP contribution < -0.4 is 4.57 Å². The van der Waals surface area contributed by atoms with E-state index in [9.17, 15) is 4.39 Å². The number of nitrogens with zero attached hydrogens (tertiary/aromatic N) is 2. The molecule has 0 spiro atoms. The Hall–Kier alpha value is -2.29. The van der Waals surface area contributed by atoms with E-state index in [4.69, 9.17) is 0 Å². The molecular weight excluding hydrogens is 275 g/mol. The molecule has 0 amide bonds. The molecule has 0 N–H and O–H groups in total. The zero-order chi connectivity index (χ0) is 15.7. The highest BCUT2D eigenvalue weighted by Crippen LogP contribution is 2.28. The number of halogens is 1. The molecule has 0 atom stereocenters. The van der Waals surface area contributed by atoms with Gasteiger partial charge in [0.05, 0.1) is 12.4 Å². The number of hydrogen-bond donors (Lipinski definition) is 0. The largest absolute Gasteiger partial charge is 0.287 e. The van der Waals surface area contributed by atoms with Crippen molar-refractivity contribution in [3.8, 4) is 11.3 Å². The van der Waals surface area contributed by atoms with Gasteiger partial charge in [-0.15, -0.1) is 0 Å². The van der Waals surface area contributed by atoms with Crippen LogP contribution in [0, 0.1) is 12.7 Å². The number of fused-ring (bicyclic) bond motifs is 1. The number of aromatic nitrogens is 2. The first-order chi connectivity index (χ1) is 10.6. The Kier molecular flexibility index (Phi) is 3.88. The maximum atomic E-state index is 13.4. The minimum atomic E-state index is -0.201. The molecule has 0 aliphatic carbocycles. The molecule has 0 saturated heterocycles. The average Bonchev–Trinajstić information content (AvgIpc) is 2.49. The van der Waals surface area contributed by atoms with E-state index in [0.29, 0.717) is 0 Å². The van der Waals surface area contributed by atoms with Crippen molar-refractivity contribution in [2.75, 3.05) is 0 Å². The zero-order valence-corrected chi connectivity index (χ0v) is 13.2. The Morgan fingerprint density at radius 1 is 1.14 bits per heavy atom. The predicted octanol–water partition coefficient (Wildman–Crippen LogP) is 4.13. The molecule has 3 rings (SSSR count). The maximum absolute atomic E-state index is 13.4. The summed E-state index contributed by atoms with van der Waals surface area (Å²) in [6.45, 7) is 4.12. The highest BCUT2D eigenvalue weighted by Gasteiger charge is 2.17. The second-order valence-electron chi connectivity index (χ2n) is 5.76. The first kappa shape index (κ1) is 14.6. The Morgan fingerprint density at radius 2 is 1.95 bits per heavy atom. The van der Waals surface area contributed by atoms with Gasteiger partial charge in [0, 0.05) is 5.56 Å². The van der Waals surface area contributed by atoms with Gasteiger partial charge in [-0.25, -0.2) is 8.96 Å². The molecule has 0 radical (unpaired) electrons. The third-order valence-corrected chi connectivity index (χ3v) is 4.02. The smallest absolute Gasteiger partial charge is 0.232 e. The molecule has 22 heavy (non-hydrogen) atoms. The number of hydrogen-bond acceptors (Lipinski definition) is 1. The molecule has 0 fully saturated rings. The lowest BCUT2D eigenvalue weighted by atomic mass is 9.99. The van der Waals surface area contributed by atoms with Gasteiger partial charge in [0.15, 0.2) is 5.52 Å². The monoisotopic (exact) mass is 295 g/mol. The lowest BCUT2D eigenvalue weighted by Crippen LogP contribution is -2.31. The van der Waals surface area contributed by atoms with Crippen LogP contribution >= 0.6 is 0 Å². The summed E-state index contributed by atoms with van der Waals surface area (Å²) in [7, 11) is 1.98. The van der Waals surface area contributed by atoms with Crippen LogP contribution in [-0.2, 0) is 13.5 Å². The van der Waals surface area contributed by atoms with Crippen molar-refractivity contribution >= 4 is 10.9 Å². The van der Waals surface area contributed by atoms with Gasteiger partial charge in [-0.05, 0) is 59.8 Å². The molecule has 1 heterocycles. The standard InChI is InChI=1S/C19H20FN2/c1-4-5-14-6-8-17-18(11-14)21-12-22(3)19(17)16-9-7-15(20)10-13(16)2/h6-12H,4-5H2,1-3H3/q+1. The van der Waals surface area contributed by atoms with E-state index in [1.165, 1.54) is 11.6 Å². The lowest BCUT2D eigenvalue weighted by Gasteiger charge is -2.09. The predicted molar refractivity (Wildman–Crippen MR) is 87.0 cm³/mol. The van der Waals surface area contributed by atoms with E-state index in [1.807, 2.05) is 30.9 Å². The van der Waals surface area contributed by atoms with Gasteiger partial charge in [-0.3, -0.25) is 0 Å². The van der Waals surface area contributed by atoms with Crippen molar-refractivity contribution < 1.29 is 8.96 Å². The van der Waals surface area contributed by atoms with Gasteiger partial charge in [0.2, 0.25) is 0 Å². The van der Waals surface area contributed by atoms with Gasteiger partial charge in [-0.1, -0.05) is 19.4 Å². The van der Waals surface area contributed by atoms with Crippen LogP contribution in [-0.4, -0.2) is 4.98 Å². The summed E-state index contributed by atoms with van der Waals surface area (Å²) in [5.41, 5.74) is 5.34. The molecule has 3 heteroatoms. The summed E-state index contributed by atoms with van der Waals surface area (Å²) in [6.07, 6.45) is 4.01. The van der Waals surface area contributed by atoms with Crippen molar-refractivity contribution in [1.29, 1.82) is 0 Å². The van der Waals surface area contributed by atoms with Crippen LogP contribution in [0.5, 0.6) is 0 Å². The fourth-order valence-corrected chi connectivity index (χ4v) is 2.95. The zero-order valence-electron chi connectivity index (χ0n) is 13.2. The molecule has 1 aromatic heterocycles. The first-order valence-electron chi connectivity index (χ1n) is 7.64. The Labute approximate surface area is 130 Å². The molecule has 112 valence electrons. The van der Waals surface area contributed by atoms with Crippen molar-refractivity contribution in [3.05, 3.63) is 59.7 Å². The average molecular weight is 295 g/mol. The van der Waals surface area contributed by atoms with Crippen LogP contribution in [0.25, 0.3) is 22.2 Å². The maximum Gasteiger partial charge on any atom is 0.287 e. The molecule has 0 aliphatic rings. The third-order valence-electron chi connectivity index (χ3n) is 4.02. The Morgan fingerprint density at radius 3 is 2.68 bits per heavy atom. The molecule has 0 bridgehead atoms. The highest BCUT2D eigenvalue weighted by atomic mass is 19.1. The molecular formula is C19H20FN2+. The lowest BCUT2D eigenvalue weighted by molar-refractivity contribution is -0.662. The summed E-state index contributed by atoms with van der Waals surface area (Å²) in [6, 6.07) is 11.4. The van der Waals surface area contributed by atoms with Crippen molar-refractivity contribution in [1.82, 2.24) is 4.98 Å². The quantitative estimate of drug-likeness (QED) is 0.664. The minimum Gasteiger partial charge on any atom is -0.232 e. The third kappa shape index (κ3) is 2.59. The van der Waals surface area contributed by atoms with E-state index in [1.54, 1.807) is 6.07 Å². The van der Waals surface area contributed by atoms with Crippen LogP contribution in [0.3, 0.4) is 0 Å². The topological polar surface area (TPSA) is 16.8 Å². The van der Waals surface area contributed by atoms with Crippen molar-refractivity contribution in [2.45, 2.75) is 26.7 Å². The Bertz CT molecular complexity index is 840. The van der Waals surface area contributed by atoms with Gasteiger partial charge in [-0.2, -0.15) is 0 Å². The Balaban J connectivity index is 2.26. The summed E-state index contributed by atoms with van der Waals surface area (Å²) < 4.78 is 15.4. The van der Waals surface area contributed by atoms with Crippen molar-refractivity contribution in [3.63, 3.8) is 0 Å². The summed E-state index contributed by atoms with van der Waals surface area (Å²) in [4.78, 5) is 4.55. The molecule has 2 aromatic carbocycles. The molecule has 2 nitrogen and oxygen atoms in total. The fraction of sp³-hybridized carbons (Fsp3) is 0.263. The van der Waals surface area contributed by atoms with E-state index < -0.39 is 0 Å². The molecule has 0 unspecified atom stereocenters. The van der Waals surface area contributed by atoms with E-state index >= 15 is 0 Å². The summed E-state index contributed by atoms with van der Waals surface area (Å²) in [5.74, 6) is -0.201. The highest BCUT2D eigenvalue weighted by molar-refractivity contribution is 5.91. The van der Waals surface area contributed by atoms with Crippen LogP contribution in [0.2, 0.25) is 0 Å². The van der Waals surface area contributed by atoms with Crippen LogP contribution in [0.15, 0.2) is 42.7 Å². The second-order valence-corrected chi connectivity index (χ2v) is 5.76. The van der Waals surface area contributed by atoms with Gasteiger partial charge < -0.3 is 0 Å². The van der Waals surface area contributed by atoms with Gasteiger partial charge in [0.25, 0.3) is 6.33 Å². The van der Waals surface area contributed by atoms with Crippen molar-refractivity contribution in [2.24, 2.45) is 7.05 Å². The molecule has 0 aliphatic heterocycles. The molecule has 3 aromatic rings. The van der Waals surface area contributed by atoms with Gasteiger partial charge in [0.1, 0.15) is 11.5 Å². The van der Waals surface area contributed by atoms with E-state index in [-0.39, 0.29) is 5.82 Å². The minimum absolute atomic E-state index is 0.201. The van der Waals surface area contributed by atoms with Crippen LogP contribution in [0.4, 0.5) is 4.39 Å². The number of aryl methyl sites for hydroxylation is 3. The van der Waals surface area contributed by atoms with E-state index in [0.717, 1.165) is 40.6 Å². The van der Waals surface area contributed by atoms with Gasteiger partial charge >= 0.3 is 0 Å². The summed E-state index contributed by atoms with van der Waals surface area (Å²) >= 11 is 0. The van der Waals surface area contributed by atoms with Crippen LogP contribution in [0.1, 0.15) is 24.5 Å². The number of rotatable bonds is 3. The first-order valence-corrected chi connectivity index (χ1v) is 7.64. The SMILES string of the molecule is CCCc1ccc2c(-c3ccc(F)cc3C)[n+](C)cnc2c1. The normalized spacial score (nSPS) is 11.1. The number of benzene rings is 2. The fourth-order valence-electron chi connectivity index (χ4n) is 2.95. The summed E-state index contributed by atoms with van der Waals surface area (Å²) in [5, 5.41) is 1.10. The second kappa shape index (κ2) is 5.84. The molecule has 0 saturated carbocycles. The van der Waals surface area contributed by atoms with E-state index in [2.05, 4.69) is 30.1 Å².